The van der Waals surface area contributed by atoms with Crippen LogP contribution in [0.5, 0.6) is 5.75 Å². The molecule has 0 aliphatic rings. The third-order valence-electron chi connectivity index (χ3n) is 2.37. The minimum absolute atomic E-state index is 0.131. The fraction of sp³-hybridized carbons (Fsp3) is 0.364. The zero-order valence-electron chi connectivity index (χ0n) is 10.0. The van der Waals surface area contributed by atoms with E-state index in [0.717, 1.165) is 12.1 Å². The zero-order valence-corrected chi connectivity index (χ0v) is 10.9. The summed E-state index contributed by atoms with van der Waals surface area (Å²) in [5, 5.41) is 22.9. The van der Waals surface area contributed by atoms with Crippen LogP contribution in [0.15, 0.2) is 18.2 Å². The highest BCUT2D eigenvalue weighted by Crippen LogP contribution is 2.23. The first-order valence-electron chi connectivity index (χ1n) is 5.24. The number of hydrogen-bond acceptors (Lipinski definition) is 5. The van der Waals surface area contributed by atoms with Crippen LogP contribution in [0.1, 0.15) is 17.3 Å². The lowest BCUT2D eigenvalue weighted by atomic mass is 10.1. The van der Waals surface area contributed by atoms with Crippen LogP contribution in [-0.2, 0) is 0 Å². The van der Waals surface area contributed by atoms with Crippen LogP contribution in [0.4, 0.5) is 5.69 Å². The molecule has 0 fully saturated rings. The molecule has 0 spiro atoms. The van der Waals surface area contributed by atoms with Crippen molar-refractivity contribution in [3.63, 3.8) is 0 Å². The molecule has 2 N–H and O–H groups in total. The van der Waals surface area contributed by atoms with Crippen LogP contribution < -0.4 is 5.32 Å². The Labute approximate surface area is 109 Å². The Bertz CT molecular complexity index is 464. The lowest BCUT2D eigenvalue weighted by Crippen LogP contribution is -2.29. The number of thioether (sulfide) groups is 1. The van der Waals surface area contributed by atoms with Gasteiger partial charge in [-0.2, -0.15) is 11.8 Å². The highest BCUT2D eigenvalue weighted by Gasteiger charge is 2.20. The van der Waals surface area contributed by atoms with E-state index in [0.29, 0.717) is 6.54 Å². The molecule has 0 radical (unpaired) electrons. The van der Waals surface area contributed by atoms with E-state index in [4.69, 9.17) is 0 Å². The number of aromatic hydroxyl groups is 1. The van der Waals surface area contributed by atoms with E-state index >= 15 is 0 Å². The Hall–Kier alpha value is -1.76. The molecule has 1 rings (SSSR count). The summed E-state index contributed by atoms with van der Waals surface area (Å²) in [5.41, 5.74) is -0.449. The minimum atomic E-state index is -0.646. The number of benzene rings is 1. The standard InChI is InChI=1S/C11H14N2O4S/c1-7(18-2)6-12-11(15)9-5-8(14)3-4-10(9)13(16)17/h3-5,7,14H,6H2,1-2H3,(H,12,15). The predicted molar refractivity (Wildman–Crippen MR) is 70.1 cm³/mol. The van der Waals surface area contributed by atoms with Gasteiger partial charge in [-0.1, -0.05) is 6.92 Å². The number of nitro benzene ring substituents is 1. The van der Waals surface area contributed by atoms with Gasteiger partial charge in [-0.3, -0.25) is 14.9 Å². The largest absolute Gasteiger partial charge is 0.508 e. The number of phenolic OH excluding ortho intramolecular Hbond substituents is 1. The number of nitrogens with one attached hydrogen (secondary N) is 1. The minimum Gasteiger partial charge on any atom is -0.508 e. The van der Waals surface area contributed by atoms with Crippen LogP contribution in [0.2, 0.25) is 0 Å². The first-order chi connectivity index (χ1) is 8.45. The van der Waals surface area contributed by atoms with Gasteiger partial charge in [0.25, 0.3) is 11.6 Å². The number of nitrogens with zero attached hydrogens (tertiary/aromatic N) is 1. The number of carbonyl (C=O) groups excluding carboxylic acids is 1. The predicted octanol–water partition coefficient (Wildman–Crippen LogP) is 1.78. The summed E-state index contributed by atoms with van der Waals surface area (Å²) >= 11 is 1.58. The van der Waals surface area contributed by atoms with Gasteiger partial charge in [0, 0.05) is 17.9 Å². The van der Waals surface area contributed by atoms with Crippen molar-refractivity contribution in [3.05, 3.63) is 33.9 Å². The van der Waals surface area contributed by atoms with Gasteiger partial charge in [-0.25, -0.2) is 0 Å². The number of carbonyl (C=O) groups is 1. The fourth-order valence-corrected chi connectivity index (χ4v) is 1.53. The Balaban J connectivity index is 2.90. The Morgan fingerprint density at radius 2 is 2.28 bits per heavy atom. The number of phenols is 1. The molecule has 18 heavy (non-hydrogen) atoms. The molecule has 7 heteroatoms. The van der Waals surface area contributed by atoms with E-state index in [-0.39, 0.29) is 22.3 Å². The molecule has 0 aliphatic heterocycles. The van der Waals surface area contributed by atoms with Gasteiger partial charge in [0.15, 0.2) is 0 Å². The third-order valence-corrected chi connectivity index (χ3v) is 3.35. The average Bonchev–Trinajstić information content (AvgIpc) is 2.34. The SMILES string of the molecule is CSC(C)CNC(=O)c1cc(O)ccc1[N+](=O)[O-]. The summed E-state index contributed by atoms with van der Waals surface area (Å²) in [5.74, 6) is -0.734. The summed E-state index contributed by atoms with van der Waals surface area (Å²) in [6, 6.07) is 3.39. The van der Waals surface area contributed by atoms with Gasteiger partial charge >= 0.3 is 0 Å². The smallest absolute Gasteiger partial charge is 0.282 e. The highest BCUT2D eigenvalue weighted by atomic mass is 32.2. The third kappa shape index (κ3) is 3.63. The van der Waals surface area contributed by atoms with E-state index in [1.807, 2.05) is 13.2 Å². The van der Waals surface area contributed by atoms with Gasteiger partial charge in [0.2, 0.25) is 0 Å². The molecule has 1 aromatic rings. The summed E-state index contributed by atoms with van der Waals surface area (Å²) in [4.78, 5) is 21.9. The van der Waals surface area contributed by atoms with Gasteiger partial charge in [-0.15, -0.1) is 0 Å². The number of hydrogen-bond donors (Lipinski definition) is 2. The van der Waals surface area contributed by atoms with Crippen molar-refractivity contribution in [1.29, 1.82) is 0 Å². The summed E-state index contributed by atoms with van der Waals surface area (Å²) in [7, 11) is 0. The van der Waals surface area contributed by atoms with E-state index in [9.17, 15) is 20.0 Å². The number of rotatable bonds is 5. The monoisotopic (exact) mass is 270 g/mol. The molecule has 1 amide bonds. The second-order valence-corrected chi connectivity index (χ2v) is 4.99. The molecule has 0 saturated carbocycles. The highest BCUT2D eigenvalue weighted by molar-refractivity contribution is 7.99. The Morgan fingerprint density at radius 1 is 1.61 bits per heavy atom. The lowest BCUT2D eigenvalue weighted by molar-refractivity contribution is -0.385. The van der Waals surface area contributed by atoms with Gasteiger partial charge < -0.3 is 10.4 Å². The molecule has 6 nitrogen and oxygen atoms in total. The maximum atomic E-state index is 11.8. The second kappa shape index (κ2) is 6.25. The first-order valence-corrected chi connectivity index (χ1v) is 6.53. The molecule has 0 heterocycles. The molecule has 98 valence electrons. The lowest BCUT2D eigenvalue weighted by Gasteiger charge is -2.10. The zero-order chi connectivity index (χ0) is 13.7. The second-order valence-electron chi connectivity index (χ2n) is 3.71. The number of nitro groups is 1. The van der Waals surface area contributed by atoms with Crippen LogP contribution in [0.3, 0.4) is 0 Å². The first kappa shape index (κ1) is 14.3. The van der Waals surface area contributed by atoms with Crippen molar-refractivity contribution in [2.45, 2.75) is 12.2 Å². The van der Waals surface area contributed by atoms with E-state index < -0.39 is 10.8 Å². The van der Waals surface area contributed by atoms with Crippen molar-refractivity contribution < 1.29 is 14.8 Å². The summed E-state index contributed by atoms with van der Waals surface area (Å²) in [6.45, 7) is 2.34. The molecule has 1 aromatic carbocycles. The van der Waals surface area contributed by atoms with E-state index in [1.54, 1.807) is 11.8 Å². The Morgan fingerprint density at radius 3 is 2.83 bits per heavy atom. The summed E-state index contributed by atoms with van der Waals surface area (Å²) < 4.78 is 0. The van der Waals surface area contributed by atoms with Gasteiger partial charge in [0.05, 0.1) is 4.92 Å². The molecule has 0 bridgehead atoms. The molecule has 1 unspecified atom stereocenters. The molecule has 1 atom stereocenters. The van der Waals surface area contributed by atoms with Crippen LogP contribution >= 0.6 is 11.8 Å². The van der Waals surface area contributed by atoms with Crippen molar-refractivity contribution in [1.82, 2.24) is 5.32 Å². The number of amides is 1. The fourth-order valence-electron chi connectivity index (χ4n) is 1.28. The van der Waals surface area contributed by atoms with Crippen LogP contribution in [0, 0.1) is 10.1 Å². The van der Waals surface area contributed by atoms with Crippen LogP contribution in [0.25, 0.3) is 0 Å². The van der Waals surface area contributed by atoms with Crippen LogP contribution in [-0.4, -0.2) is 34.0 Å². The van der Waals surface area contributed by atoms with Crippen molar-refractivity contribution >= 4 is 23.4 Å². The topological polar surface area (TPSA) is 92.5 Å². The van der Waals surface area contributed by atoms with E-state index in [2.05, 4.69) is 5.32 Å². The van der Waals surface area contributed by atoms with E-state index in [1.165, 1.54) is 6.07 Å². The maximum absolute atomic E-state index is 11.8. The summed E-state index contributed by atoms with van der Waals surface area (Å²) in [6.07, 6.45) is 1.91. The molecule has 0 saturated heterocycles. The Kier molecular flexibility index (Phi) is 4.96. The van der Waals surface area contributed by atoms with Crippen molar-refractivity contribution in [3.8, 4) is 5.75 Å². The average molecular weight is 270 g/mol. The quantitative estimate of drug-likeness (QED) is 0.628. The van der Waals surface area contributed by atoms with Crippen molar-refractivity contribution in [2.75, 3.05) is 12.8 Å². The molecule has 0 aliphatic carbocycles. The van der Waals surface area contributed by atoms with Crippen molar-refractivity contribution in [2.24, 2.45) is 0 Å². The molecule has 0 aromatic heterocycles. The van der Waals surface area contributed by atoms with Gasteiger partial charge in [-0.05, 0) is 18.4 Å². The molecular weight excluding hydrogens is 256 g/mol. The maximum Gasteiger partial charge on any atom is 0.282 e. The van der Waals surface area contributed by atoms with Gasteiger partial charge in [0.1, 0.15) is 11.3 Å². The molecular formula is C11H14N2O4S. The normalized spacial score (nSPS) is 11.9.